The second-order valence-electron chi connectivity index (χ2n) is 5.83. The van der Waals surface area contributed by atoms with E-state index in [0.717, 1.165) is 24.7 Å². The number of amides is 1. The van der Waals surface area contributed by atoms with Gasteiger partial charge in [0.05, 0.1) is 5.02 Å². The fourth-order valence-electron chi connectivity index (χ4n) is 2.62. The summed E-state index contributed by atoms with van der Waals surface area (Å²) in [5, 5.41) is 0.200. The summed E-state index contributed by atoms with van der Waals surface area (Å²) in [6.07, 6.45) is 1.43. The molecule has 3 rings (SSSR count). The van der Waals surface area contributed by atoms with Gasteiger partial charge in [-0.15, -0.1) is 0 Å². The molecule has 136 valence electrons. The van der Waals surface area contributed by atoms with E-state index in [4.69, 9.17) is 21.1 Å². The number of nitrogens with zero attached hydrogens (tertiary/aromatic N) is 1. The Bertz CT molecular complexity index is 810. The minimum absolute atomic E-state index is 0.0582. The van der Waals surface area contributed by atoms with Crippen molar-refractivity contribution >= 4 is 29.2 Å². The topological polar surface area (TPSA) is 55.8 Å². The zero-order chi connectivity index (χ0) is 18.5. The third kappa shape index (κ3) is 4.52. The van der Waals surface area contributed by atoms with Crippen molar-refractivity contribution in [2.24, 2.45) is 0 Å². The molecule has 1 amide bonds. The van der Waals surface area contributed by atoms with Crippen molar-refractivity contribution in [2.75, 3.05) is 18.1 Å². The Kier molecular flexibility index (Phi) is 5.73. The Labute approximate surface area is 155 Å². The van der Waals surface area contributed by atoms with Crippen molar-refractivity contribution < 1.29 is 23.5 Å². The average Bonchev–Trinajstić information content (AvgIpc) is 3.05. The first-order valence-corrected chi connectivity index (χ1v) is 8.53. The quantitative estimate of drug-likeness (QED) is 0.720. The molecule has 0 aliphatic carbocycles. The minimum Gasteiger partial charge on any atom is -0.482 e. The molecule has 1 heterocycles. The molecule has 26 heavy (non-hydrogen) atoms. The first-order valence-electron chi connectivity index (χ1n) is 8.16. The van der Waals surface area contributed by atoms with Gasteiger partial charge >= 0.3 is 5.97 Å². The molecule has 0 N–H and O–H groups in total. The Morgan fingerprint density at radius 2 is 1.96 bits per heavy atom. The van der Waals surface area contributed by atoms with Crippen LogP contribution in [0.15, 0.2) is 42.5 Å². The third-order valence-electron chi connectivity index (χ3n) is 3.98. The van der Waals surface area contributed by atoms with E-state index in [0.29, 0.717) is 17.7 Å². The number of hydrogen-bond acceptors (Lipinski definition) is 4. The van der Waals surface area contributed by atoms with Crippen molar-refractivity contribution in [1.29, 1.82) is 0 Å². The average molecular weight is 378 g/mol. The van der Waals surface area contributed by atoms with Crippen molar-refractivity contribution in [1.82, 2.24) is 0 Å². The van der Waals surface area contributed by atoms with Crippen LogP contribution in [0.5, 0.6) is 5.75 Å². The van der Waals surface area contributed by atoms with Crippen molar-refractivity contribution in [2.45, 2.75) is 19.4 Å². The van der Waals surface area contributed by atoms with Gasteiger partial charge in [0.1, 0.15) is 18.2 Å². The summed E-state index contributed by atoms with van der Waals surface area (Å²) in [4.78, 5) is 25.2. The number of benzene rings is 2. The van der Waals surface area contributed by atoms with Gasteiger partial charge in [-0.2, -0.15) is 0 Å². The van der Waals surface area contributed by atoms with Gasteiger partial charge in [-0.05, 0) is 42.8 Å². The molecule has 0 radical (unpaired) electrons. The van der Waals surface area contributed by atoms with Crippen LogP contribution < -0.4 is 9.64 Å². The number of carbonyl (C=O) groups is 2. The van der Waals surface area contributed by atoms with Gasteiger partial charge in [0.2, 0.25) is 5.91 Å². The third-order valence-corrected chi connectivity index (χ3v) is 4.33. The molecule has 0 aromatic heterocycles. The fourth-order valence-corrected chi connectivity index (χ4v) is 2.85. The van der Waals surface area contributed by atoms with Gasteiger partial charge in [0.25, 0.3) is 0 Å². The second kappa shape index (κ2) is 8.19. The van der Waals surface area contributed by atoms with Crippen LogP contribution >= 0.6 is 11.6 Å². The predicted molar refractivity (Wildman–Crippen MR) is 94.7 cm³/mol. The highest BCUT2D eigenvalue weighted by molar-refractivity contribution is 6.31. The number of anilines is 1. The number of rotatable bonds is 6. The van der Waals surface area contributed by atoms with Crippen LogP contribution in [-0.2, 0) is 20.9 Å². The number of carbonyl (C=O) groups excluding carboxylic acids is 2. The molecule has 1 aliphatic rings. The van der Waals surface area contributed by atoms with E-state index in [1.807, 2.05) is 0 Å². The lowest BCUT2D eigenvalue weighted by Gasteiger charge is -2.16. The van der Waals surface area contributed by atoms with Gasteiger partial charge in [0.15, 0.2) is 6.61 Å². The normalized spacial score (nSPS) is 13.8. The van der Waals surface area contributed by atoms with Crippen LogP contribution in [0.25, 0.3) is 0 Å². The SMILES string of the molecule is O=C(COc1ccc(N2CCCC2=O)cc1)OCc1ccc(F)cc1Cl. The maximum absolute atomic E-state index is 13.0. The Morgan fingerprint density at radius 3 is 2.62 bits per heavy atom. The molecule has 2 aromatic carbocycles. The van der Waals surface area contributed by atoms with Crippen LogP contribution in [0.3, 0.4) is 0 Å². The summed E-state index contributed by atoms with van der Waals surface area (Å²) in [5.41, 5.74) is 1.33. The molecular weight excluding hydrogens is 361 g/mol. The Morgan fingerprint density at radius 1 is 1.19 bits per heavy atom. The van der Waals surface area contributed by atoms with Crippen LogP contribution in [-0.4, -0.2) is 25.0 Å². The molecule has 0 spiro atoms. The van der Waals surface area contributed by atoms with E-state index >= 15 is 0 Å². The largest absolute Gasteiger partial charge is 0.482 e. The number of hydrogen-bond donors (Lipinski definition) is 0. The Balaban J connectivity index is 1.47. The standard InChI is InChI=1S/C19H17ClFNO4/c20-17-10-14(21)4-3-13(17)11-26-19(24)12-25-16-7-5-15(6-8-16)22-9-1-2-18(22)23/h3-8,10H,1-2,9,11-12H2. The van der Waals surface area contributed by atoms with Crippen molar-refractivity contribution in [3.8, 4) is 5.75 Å². The molecule has 0 saturated carbocycles. The highest BCUT2D eigenvalue weighted by atomic mass is 35.5. The summed E-state index contributed by atoms with van der Waals surface area (Å²) in [7, 11) is 0. The monoisotopic (exact) mass is 377 g/mol. The van der Waals surface area contributed by atoms with E-state index in [9.17, 15) is 14.0 Å². The first-order chi connectivity index (χ1) is 12.5. The lowest BCUT2D eigenvalue weighted by molar-refractivity contribution is -0.147. The smallest absolute Gasteiger partial charge is 0.344 e. The Hall–Kier alpha value is -2.60. The van der Waals surface area contributed by atoms with Gasteiger partial charge in [-0.1, -0.05) is 17.7 Å². The molecule has 2 aromatic rings. The van der Waals surface area contributed by atoms with Gasteiger partial charge in [-0.3, -0.25) is 4.79 Å². The summed E-state index contributed by atoms with van der Waals surface area (Å²) in [6.45, 7) is 0.398. The maximum Gasteiger partial charge on any atom is 0.344 e. The molecule has 5 nitrogen and oxygen atoms in total. The van der Waals surface area contributed by atoms with Crippen LogP contribution in [0.2, 0.25) is 5.02 Å². The highest BCUT2D eigenvalue weighted by Gasteiger charge is 2.21. The number of esters is 1. The summed E-state index contributed by atoms with van der Waals surface area (Å²) >= 11 is 5.87. The second-order valence-corrected chi connectivity index (χ2v) is 6.24. The maximum atomic E-state index is 13.0. The molecule has 7 heteroatoms. The van der Waals surface area contributed by atoms with E-state index < -0.39 is 11.8 Å². The van der Waals surface area contributed by atoms with E-state index in [1.54, 1.807) is 29.2 Å². The summed E-state index contributed by atoms with van der Waals surface area (Å²) in [6, 6.07) is 10.8. The van der Waals surface area contributed by atoms with Crippen LogP contribution in [0, 0.1) is 5.82 Å². The molecule has 1 saturated heterocycles. The van der Waals surface area contributed by atoms with E-state index in [-0.39, 0.29) is 24.1 Å². The fraction of sp³-hybridized carbons (Fsp3) is 0.263. The van der Waals surface area contributed by atoms with Gasteiger partial charge in [-0.25, -0.2) is 9.18 Å². The number of ether oxygens (including phenoxy) is 2. The van der Waals surface area contributed by atoms with Crippen molar-refractivity contribution in [3.63, 3.8) is 0 Å². The lowest BCUT2D eigenvalue weighted by atomic mass is 10.2. The summed E-state index contributed by atoms with van der Waals surface area (Å²) in [5.74, 6) is -0.407. The molecular formula is C19H17ClFNO4. The highest BCUT2D eigenvalue weighted by Crippen LogP contribution is 2.24. The molecule has 0 bridgehead atoms. The molecule has 1 aliphatic heterocycles. The summed E-state index contributed by atoms with van der Waals surface area (Å²) < 4.78 is 23.4. The van der Waals surface area contributed by atoms with Gasteiger partial charge in [0, 0.05) is 24.2 Å². The lowest BCUT2D eigenvalue weighted by Crippen LogP contribution is -2.23. The first kappa shape index (κ1) is 18.2. The van der Waals surface area contributed by atoms with E-state index in [2.05, 4.69) is 0 Å². The zero-order valence-electron chi connectivity index (χ0n) is 13.9. The van der Waals surface area contributed by atoms with E-state index in [1.165, 1.54) is 12.1 Å². The molecule has 0 atom stereocenters. The van der Waals surface area contributed by atoms with Gasteiger partial charge < -0.3 is 14.4 Å². The number of halogens is 2. The zero-order valence-corrected chi connectivity index (χ0v) is 14.7. The predicted octanol–water partition coefficient (Wildman–Crippen LogP) is 3.73. The van der Waals surface area contributed by atoms with Crippen LogP contribution in [0.4, 0.5) is 10.1 Å². The minimum atomic E-state index is -0.566. The molecule has 0 unspecified atom stereocenters. The van der Waals surface area contributed by atoms with Crippen LogP contribution in [0.1, 0.15) is 18.4 Å². The van der Waals surface area contributed by atoms with Crippen molar-refractivity contribution in [3.05, 3.63) is 58.9 Å². The molecule has 1 fully saturated rings.